The zero-order chi connectivity index (χ0) is 11.5. The molecule has 0 fully saturated rings. The predicted octanol–water partition coefficient (Wildman–Crippen LogP) is 2.21. The fourth-order valence-electron chi connectivity index (χ4n) is 1.29. The predicted molar refractivity (Wildman–Crippen MR) is 57.1 cm³/mol. The fraction of sp³-hybridized carbons (Fsp3) is 0. The molecule has 0 aliphatic rings. The van der Waals surface area contributed by atoms with Crippen molar-refractivity contribution in [1.82, 2.24) is 0 Å². The van der Waals surface area contributed by atoms with Crippen molar-refractivity contribution in [2.75, 3.05) is 0 Å². The van der Waals surface area contributed by atoms with Crippen molar-refractivity contribution in [1.29, 1.82) is 0 Å². The van der Waals surface area contributed by atoms with Crippen molar-refractivity contribution in [3.05, 3.63) is 63.0 Å². The Morgan fingerprint density at radius 1 is 1.06 bits per heavy atom. The van der Waals surface area contributed by atoms with Gasteiger partial charge in [0.25, 0.3) is 5.69 Å². The Morgan fingerprint density at radius 2 is 1.75 bits per heavy atom. The number of non-ortho nitro benzene ring substituents is 1. The summed E-state index contributed by atoms with van der Waals surface area (Å²) in [7, 11) is 0. The van der Waals surface area contributed by atoms with Gasteiger partial charge < -0.3 is 4.42 Å². The molecule has 0 saturated heterocycles. The molecule has 2 rings (SSSR count). The molecule has 16 heavy (non-hydrogen) atoms. The van der Waals surface area contributed by atoms with Gasteiger partial charge in [-0.25, -0.2) is 4.79 Å². The number of hydrogen-bond acceptors (Lipinski definition) is 4. The van der Waals surface area contributed by atoms with Crippen LogP contribution in [0.1, 0.15) is 0 Å². The minimum absolute atomic E-state index is 0.00188. The molecule has 0 radical (unpaired) electrons. The molecule has 80 valence electrons. The van der Waals surface area contributed by atoms with Crippen molar-refractivity contribution in [2.24, 2.45) is 0 Å². The lowest BCUT2D eigenvalue weighted by atomic mass is 10.1. The smallest absolute Gasteiger partial charge is 0.336 e. The molecule has 0 amide bonds. The Bertz CT molecular complexity index is 571. The summed E-state index contributed by atoms with van der Waals surface area (Å²) >= 11 is 0. The number of nitrogens with zero attached hydrogens (tertiary/aromatic N) is 1. The Hall–Kier alpha value is -2.43. The first-order valence-corrected chi connectivity index (χ1v) is 4.52. The molecule has 0 bridgehead atoms. The third kappa shape index (κ3) is 1.98. The molecule has 0 N–H and O–H groups in total. The summed E-state index contributed by atoms with van der Waals surface area (Å²) in [6.45, 7) is 0. The average Bonchev–Trinajstić information content (AvgIpc) is 2.29. The quantitative estimate of drug-likeness (QED) is 0.571. The second kappa shape index (κ2) is 3.98. The third-order valence-electron chi connectivity index (χ3n) is 2.05. The third-order valence-corrected chi connectivity index (χ3v) is 2.05. The van der Waals surface area contributed by atoms with Crippen LogP contribution in [0.3, 0.4) is 0 Å². The minimum atomic E-state index is -0.481. The van der Waals surface area contributed by atoms with Crippen molar-refractivity contribution < 1.29 is 9.34 Å². The van der Waals surface area contributed by atoms with E-state index < -0.39 is 10.5 Å². The van der Waals surface area contributed by atoms with Gasteiger partial charge in [0, 0.05) is 23.8 Å². The molecule has 0 atom stereocenters. The molecular formula is C11H7NO4. The first-order valence-electron chi connectivity index (χ1n) is 4.52. The zero-order valence-electron chi connectivity index (χ0n) is 8.12. The minimum Gasteiger partial charge on any atom is -0.423 e. The van der Waals surface area contributed by atoms with Crippen molar-refractivity contribution in [2.45, 2.75) is 0 Å². The number of nitro groups is 1. The van der Waals surface area contributed by atoms with Gasteiger partial charge in [-0.05, 0) is 18.2 Å². The van der Waals surface area contributed by atoms with E-state index in [1.807, 2.05) is 0 Å². The molecular weight excluding hydrogens is 210 g/mol. The van der Waals surface area contributed by atoms with Crippen molar-refractivity contribution in [3.63, 3.8) is 0 Å². The Morgan fingerprint density at radius 3 is 2.31 bits per heavy atom. The monoisotopic (exact) mass is 217 g/mol. The van der Waals surface area contributed by atoms with Crippen LogP contribution in [0.15, 0.2) is 51.7 Å². The molecule has 1 aromatic heterocycles. The van der Waals surface area contributed by atoms with Crippen molar-refractivity contribution >= 4 is 5.69 Å². The van der Waals surface area contributed by atoms with Crippen LogP contribution < -0.4 is 5.63 Å². The maximum absolute atomic E-state index is 11.0. The highest BCUT2D eigenvalue weighted by Crippen LogP contribution is 2.20. The van der Waals surface area contributed by atoms with E-state index in [0.29, 0.717) is 11.3 Å². The number of benzene rings is 1. The maximum Gasteiger partial charge on any atom is 0.336 e. The Kier molecular flexibility index (Phi) is 2.51. The van der Waals surface area contributed by atoms with Crippen LogP contribution in [-0.4, -0.2) is 4.92 Å². The second-order valence-corrected chi connectivity index (χ2v) is 3.12. The standard InChI is InChI=1S/C11H7NO4/c13-11-3-1-2-10(16-11)8-4-6-9(7-5-8)12(14)15/h1-7H. The van der Waals surface area contributed by atoms with Crippen LogP contribution in [0, 0.1) is 10.1 Å². The largest absolute Gasteiger partial charge is 0.423 e. The van der Waals surface area contributed by atoms with Crippen LogP contribution >= 0.6 is 0 Å². The lowest BCUT2D eigenvalue weighted by Crippen LogP contribution is -1.95. The van der Waals surface area contributed by atoms with Gasteiger partial charge in [0.15, 0.2) is 0 Å². The van der Waals surface area contributed by atoms with E-state index in [0.717, 1.165) is 0 Å². The molecule has 1 aromatic carbocycles. The van der Waals surface area contributed by atoms with Gasteiger partial charge in [0.1, 0.15) is 5.76 Å². The summed E-state index contributed by atoms with van der Waals surface area (Å²) < 4.78 is 4.94. The molecule has 0 aliphatic heterocycles. The van der Waals surface area contributed by atoms with Crippen molar-refractivity contribution in [3.8, 4) is 11.3 Å². The molecule has 5 heteroatoms. The summed E-state index contributed by atoms with van der Waals surface area (Å²) in [6, 6.07) is 10.3. The molecule has 0 spiro atoms. The summed E-state index contributed by atoms with van der Waals surface area (Å²) in [6.07, 6.45) is 0. The molecule has 0 unspecified atom stereocenters. The molecule has 0 aliphatic carbocycles. The normalized spacial score (nSPS) is 10.0. The van der Waals surface area contributed by atoms with E-state index >= 15 is 0 Å². The van der Waals surface area contributed by atoms with Gasteiger partial charge >= 0.3 is 5.63 Å². The summed E-state index contributed by atoms with van der Waals surface area (Å²) in [5.74, 6) is 0.391. The first-order chi connectivity index (χ1) is 7.66. The van der Waals surface area contributed by atoms with E-state index in [9.17, 15) is 14.9 Å². The summed E-state index contributed by atoms with van der Waals surface area (Å²) in [5, 5.41) is 10.4. The van der Waals surface area contributed by atoms with Crippen LogP contribution in [0.5, 0.6) is 0 Å². The molecule has 0 saturated carbocycles. The van der Waals surface area contributed by atoms with Gasteiger partial charge in [0.05, 0.1) is 4.92 Å². The molecule has 2 aromatic rings. The van der Waals surface area contributed by atoms with Gasteiger partial charge in [0.2, 0.25) is 0 Å². The SMILES string of the molecule is O=c1cccc(-c2ccc([N+](=O)[O-])cc2)o1. The van der Waals surface area contributed by atoms with E-state index in [4.69, 9.17) is 4.42 Å². The molecule has 1 heterocycles. The Balaban J connectivity index is 2.42. The first kappa shape index (κ1) is 10.1. The molecule has 5 nitrogen and oxygen atoms in total. The second-order valence-electron chi connectivity index (χ2n) is 3.12. The number of rotatable bonds is 2. The van der Waals surface area contributed by atoms with E-state index in [2.05, 4.69) is 0 Å². The maximum atomic E-state index is 11.0. The van der Waals surface area contributed by atoms with Crippen LogP contribution in [0.2, 0.25) is 0 Å². The zero-order valence-corrected chi connectivity index (χ0v) is 8.12. The Labute approximate surface area is 90.1 Å². The summed E-state index contributed by atoms with van der Waals surface area (Å²) in [5.41, 5.74) is 0.182. The number of nitro benzene ring substituents is 1. The van der Waals surface area contributed by atoms with Crippen LogP contribution in [-0.2, 0) is 0 Å². The van der Waals surface area contributed by atoms with Crippen LogP contribution in [0.25, 0.3) is 11.3 Å². The van der Waals surface area contributed by atoms with E-state index in [1.165, 1.54) is 30.3 Å². The highest BCUT2D eigenvalue weighted by molar-refractivity contribution is 5.58. The highest BCUT2D eigenvalue weighted by Gasteiger charge is 2.06. The lowest BCUT2D eigenvalue weighted by molar-refractivity contribution is -0.384. The summed E-state index contributed by atoms with van der Waals surface area (Å²) in [4.78, 5) is 20.9. The highest BCUT2D eigenvalue weighted by atomic mass is 16.6. The van der Waals surface area contributed by atoms with Gasteiger partial charge in [-0.3, -0.25) is 10.1 Å². The van der Waals surface area contributed by atoms with Gasteiger partial charge in [-0.15, -0.1) is 0 Å². The topological polar surface area (TPSA) is 73.3 Å². The lowest BCUT2D eigenvalue weighted by Gasteiger charge is -1.98. The van der Waals surface area contributed by atoms with E-state index in [-0.39, 0.29) is 5.69 Å². The average molecular weight is 217 g/mol. The van der Waals surface area contributed by atoms with Gasteiger partial charge in [-0.1, -0.05) is 6.07 Å². The van der Waals surface area contributed by atoms with Crippen LogP contribution in [0.4, 0.5) is 5.69 Å². The van der Waals surface area contributed by atoms with Gasteiger partial charge in [-0.2, -0.15) is 0 Å². The fourth-order valence-corrected chi connectivity index (χ4v) is 1.29. The van der Waals surface area contributed by atoms with E-state index in [1.54, 1.807) is 12.1 Å². The number of hydrogen-bond donors (Lipinski definition) is 0.